The third-order valence-electron chi connectivity index (χ3n) is 6.53. The van der Waals surface area contributed by atoms with Crippen molar-refractivity contribution in [3.63, 3.8) is 0 Å². The number of amides is 3. The topological polar surface area (TPSA) is 99.8 Å². The first-order valence-corrected chi connectivity index (χ1v) is 13.2. The minimum atomic E-state index is -0.160. The van der Waals surface area contributed by atoms with Gasteiger partial charge in [-0.05, 0) is 62.8 Å². The minimum absolute atomic E-state index is 0.0118. The predicted molar refractivity (Wildman–Crippen MR) is 138 cm³/mol. The van der Waals surface area contributed by atoms with Crippen LogP contribution in [0.3, 0.4) is 0 Å². The zero-order chi connectivity index (χ0) is 24.6. The van der Waals surface area contributed by atoms with Gasteiger partial charge in [0.05, 0.1) is 24.6 Å². The Balaban J connectivity index is 1.37. The number of carbonyl (C=O) groups excluding carboxylic acids is 3. The van der Waals surface area contributed by atoms with Crippen LogP contribution in [0.2, 0.25) is 0 Å². The first kappa shape index (κ1) is 25.3. The smallest absolute Gasteiger partial charge is 0.254 e. The highest BCUT2D eigenvalue weighted by molar-refractivity contribution is 7.17. The molecule has 1 aliphatic heterocycles. The molecule has 2 aromatic rings. The van der Waals surface area contributed by atoms with Crippen molar-refractivity contribution < 1.29 is 19.1 Å². The van der Waals surface area contributed by atoms with Crippen molar-refractivity contribution in [3.8, 4) is 0 Å². The molecule has 1 fully saturated rings. The summed E-state index contributed by atoms with van der Waals surface area (Å²) in [6.45, 7) is 2.37. The lowest BCUT2D eigenvalue weighted by molar-refractivity contribution is -0.123. The van der Waals surface area contributed by atoms with Crippen molar-refractivity contribution in [1.82, 2.24) is 10.2 Å². The van der Waals surface area contributed by atoms with Crippen molar-refractivity contribution >= 4 is 39.7 Å². The van der Waals surface area contributed by atoms with E-state index in [0.29, 0.717) is 30.3 Å². The molecule has 188 valence electrons. The minimum Gasteiger partial charge on any atom is -0.383 e. The van der Waals surface area contributed by atoms with E-state index in [-0.39, 0.29) is 30.2 Å². The third-order valence-corrected chi connectivity index (χ3v) is 7.74. The molecule has 2 aliphatic rings. The molecule has 0 unspecified atom stereocenters. The summed E-state index contributed by atoms with van der Waals surface area (Å²) < 4.78 is 5.04. The van der Waals surface area contributed by atoms with Crippen molar-refractivity contribution in [1.29, 1.82) is 0 Å². The zero-order valence-corrected chi connectivity index (χ0v) is 21.0. The van der Waals surface area contributed by atoms with Crippen molar-refractivity contribution in [2.75, 3.05) is 50.5 Å². The van der Waals surface area contributed by atoms with Crippen LogP contribution >= 0.6 is 11.3 Å². The molecule has 1 atom stereocenters. The molecule has 1 aromatic carbocycles. The lowest BCUT2D eigenvalue weighted by Crippen LogP contribution is -2.44. The lowest BCUT2D eigenvalue weighted by Gasteiger charge is -2.31. The summed E-state index contributed by atoms with van der Waals surface area (Å²) in [7, 11) is 1.60. The SMILES string of the molecule is COCCNC(=O)c1c(NC(=O)CN2CCC[C@@H](C(=O)Nc3ccccc3)C2)sc2c1CCCC2. The van der Waals surface area contributed by atoms with Crippen LogP contribution < -0.4 is 16.0 Å². The normalized spacial score (nSPS) is 17.9. The number of para-hydroxylation sites is 1. The number of hydrogen-bond donors (Lipinski definition) is 3. The Morgan fingerprint density at radius 1 is 1.09 bits per heavy atom. The van der Waals surface area contributed by atoms with E-state index in [1.807, 2.05) is 35.2 Å². The molecule has 2 heterocycles. The molecule has 3 N–H and O–H groups in total. The molecular formula is C26H34N4O4S. The van der Waals surface area contributed by atoms with Crippen molar-refractivity contribution in [2.24, 2.45) is 5.92 Å². The van der Waals surface area contributed by atoms with Crippen LogP contribution in [0.25, 0.3) is 0 Å². The van der Waals surface area contributed by atoms with E-state index in [1.165, 1.54) is 16.2 Å². The summed E-state index contributed by atoms with van der Waals surface area (Å²) in [5.41, 5.74) is 2.46. The molecule has 1 aromatic heterocycles. The van der Waals surface area contributed by atoms with Gasteiger partial charge in [-0.1, -0.05) is 18.2 Å². The van der Waals surface area contributed by atoms with E-state index in [0.717, 1.165) is 56.3 Å². The number of benzene rings is 1. The van der Waals surface area contributed by atoms with Gasteiger partial charge in [0.2, 0.25) is 11.8 Å². The molecule has 35 heavy (non-hydrogen) atoms. The van der Waals surface area contributed by atoms with Crippen LogP contribution in [0.1, 0.15) is 46.5 Å². The van der Waals surface area contributed by atoms with Gasteiger partial charge >= 0.3 is 0 Å². The zero-order valence-electron chi connectivity index (χ0n) is 20.2. The predicted octanol–water partition coefficient (Wildman–Crippen LogP) is 3.29. The van der Waals surface area contributed by atoms with Gasteiger partial charge in [0.25, 0.3) is 5.91 Å². The summed E-state index contributed by atoms with van der Waals surface area (Å²) >= 11 is 1.52. The first-order valence-electron chi connectivity index (χ1n) is 12.3. The van der Waals surface area contributed by atoms with Crippen molar-refractivity contribution in [2.45, 2.75) is 38.5 Å². The molecule has 0 radical (unpaired) electrons. The van der Waals surface area contributed by atoms with Crippen LogP contribution in [-0.2, 0) is 27.2 Å². The number of ether oxygens (including phenoxy) is 1. The number of nitrogens with one attached hydrogen (secondary N) is 3. The Labute approximate surface area is 210 Å². The monoisotopic (exact) mass is 498 g/mol. The number of rotatable bonds is 9. The average Bonchev–Trinajstić information content (AvgIpc) is 3.22. The first-order chi connectivity index (χ1) is 17.0. The van der Waals surface area contributed by atoms with Crippen LogP contribution in [-0.4, -0.2) is 62.5 Å². The van der Waals surface area contributed by atoms with Gasteiger partial charge in [-0.15, -0.1) is 11.3 Å². The number of anilines is 2. The Hall–Kier alpha value is -2.75. The van der Waals surface area contributed by atoms with Gasteiger partial charge < -0.3 is 20.7 Å². The number of carbonyl (C=O) groups is 3. The quantitative estimate of drug-likeness (QED) is 0.461. The number of piperidine rings is 1. The van der Waals surface area contributed by atoms with Crippen LogP contribution in [0.5, 0.6) is 0 Å². The van der Waals surface area contributed by atoms with Crippen LogP contribution in [0, 0.1) is 5.92 Å². The van der Waals surface area contributed by atoms with Gasteiger partial charge in [-0.25, -0.2) is 0 Å². The van der Waals surface area contributed by atoms with E-state index in [2.05, 4.69) is 16.0 Å². The Morgan fingerprint density at radius 2 is 1.89 bits per heavy atom. The Morgan fingerprint density at radius 3 is 2.69 bits per heavy atom. The molecule has 3 amide bonds. The van der Waals surface area contributed by atoms with Gasteiger partial charge in [-0.2, -0.15) is 0 Å². The van der Waals surface area contributed by atoms with Crippen LogP contribution in [0.15, 0.2) is 30.3 Å². The molecule has 8 nitrogen and oxygen atoms in total. The standard InChI is InChI=1S/C26H34N4O4S/c1-34-15-13-27-25(33)23-20-11-5-6-12-21(20)35-26(23)29-22(31)17-30-14-7-8-18(16-30)24(32)28-19-9-3-2-4-10-19/h2-4,9-10,18H,5-8,11-17H2,1H3,(H,27,33)(H,28,32)(H,29,31)/t18-/m1/s1. The highest BCUT2D eigenvalue weighted by Crippen LogP contribution is 2.38. The largest absolute Gasteiger partial charge is 0.383 e. The second kappa shape index (κ2) is 12.3. The van der Waals surface area contributed by atoms with E-state index in [4.69, 9.17) is 4.74 Å². The second-order valence-corrected chi connectivity index (χ2v) is 10.2. The number of fused-ring (bicyclic) bond motifs is 1. The van der Waals surface area contributed by atoms with Gasteiger partial charge in [0.15, 0.2) is 0 Å². The number of likely N-dealkylation sites (tertiary alicyclic amines) is 1. The van der Waals surface area contributed by atoms with Crippen molar-refractivity contribution in [3.05, 3.63) is 46.3 Å². The lowest BCUT2D eigenvalue weighted by atomic mass is 9.95. The fourth-order valence-electron chi connectivity index (χ4n) is 4.80. The number of thiophene rings is 1. The summed E-state index contributed by atoms with van der Waals surface area (Å²) in [6, 6.07) is 9.43. The molecule has 4 rings (SSSR count). The van der Waals surface area contributed by atoms with Gasteiger partial charge in [0.1, 0.15) is 5.00 Å². The summed E-state index contributed by atoms with van der Waals surface area (Å²) in [5, 5.41) is 9.53. The summed E-state index contributed by atoms with van der Waals surface area (Å²) in [5.74, 6) is -0.485. The Bertz CT molecular complexity index is 1040. The maximum Gasteiger partial charge on any atom is 0.254 e. The maximum absolute atomic E-state index is 13.0. The number of aryl methyl sites for hydroxylation is 1. The Kier molecular flexibility index (Phi) is 8.90. The molecule has 0 bridgehead atoms. The van der Waals surface area contributed by atoms with E-state index >= 15 is 0 Å². The van der Waals surface area contributed by atoms with E-state index in [1.54, 1.807) is 7.11 Å². The highest BCUT2D eigenvalue weighted by atomic mass is 32.1. The molecule has 1 aliphatic carbocycles. The fourth-order valence-corrected chi connectivity index (χ4v) is 6.10. The van der Waals surface area contributed by atoms with Crippen LogP contribution in [0.4, 0.5) is 10.7 Å². The van der Waals surface area contributed by atoms with E-state index in [9.17, 15) is 14.4 Å². The molecule has 0 saturated carbocycles. The summed E-state index contributed by atoms with van der Waals surface area (Å²) in [6.07, 6.45) is 5.62. The maximum atomic E-state index is 13.0. The fraction of sp³-hybridized carbons (Fsp3) is 0.500. The third kappa shape index (κ3) is 6.68. The highest BCUT2D eigenvalue weighted by Gasteiger charge is 2.29. The second-order valence-electron chi connectivity index (χ2n) is 9.14. The molecule has 1 saturated heterocycles. The van der Waals surface area contributed by atoms with E-state index < -0.39 is 0 Å². The number of nitrogens with zero attached hydrogens (tertiary/aromatic N) is 1. The molecule has 0 spiro atoms. The van der Waals surface area contributed by atoms with Gasteiger partial charge in [-0.3, -0.25) is 19.3 Å². The number of methoxy groups -OCH3 is 1. The number of hydrogen-bond acceptors (Lipinski definition) is 6. The van der Waals surface area contributed by atoms with Gasteiger partial charge in [0, 0.05) is 30.8 Å². The molecule has 9 heteroatoms. The average molecular weight is 499 g/mol. The summed E-state index contributed by atoms with van der Waals surface area (Å²) in [4.78, 5) is 41.9. The molecular weight excluding hydrogens is 464 g/mol.